The van der Waals surface area contributed by atoms with Crippen molar-refractivity contribution in [3.63, 3.8) is 0 Å². The van der Waals surface area contributed by atoms with Crippen LogP contribution in [0.15, 0.2) is 22.7 Å². The Morgan fingerprint density at radius 2 is 2.27 bits per heavy atom. The van der Waals surface area contributed by atoms with E-state index in [1.54, 1.807) is 12.1 Å². The predicted octanol–water partition coefficient (Wildman–Crippen LogP) is 1.21. The maximum atomic E-state index is 13.3. The Kier molecular flexibility index (Phi) is 4.71. The number of benzene rings is 1. The van der Waals surface area contributed by atoms with E-state index in [0.29, 0.717) is 23.1 Å². The van der Waals surface area contributed by atoms with Crippen molar-refractivity contribution in [3.8, 4) is 0 Å². The molecular formula is C10H12BrFN2O. The summed E-state index contributed by atoms with van der Waals surface area (Å²) in [5.74, 6) is -0.603. The summed E-state index contributed by atoms with van der Waals surface area (Å²) in [6.45, 7) is 0.797. The van der Waals surface area contributed by atoms with Crippen LogP contribution in [0.2, 0.25) is 0 Å². The molecule has 3 nitrogen and oxygen atoms in total. The summed E-state index contributed by atoms with van der Waals surface area (Å²) in [6, 6.07) is 4.63. The zero-order valence-electron chi connectivity index (χ0n) is 8.09. The monoisotopic (exact) mass is 274 g/mol. The summed E-state index contributed by atoms with van der Waals surface area (Å²) in [5, 5.41) is 2.58. The maximum absolute atomic E-state index is 13.3. The number of hydrogen-bond acceptors (Lipinski definition) is 2. The molecular weight excluding hydrogens is 263 g/mol. The van der Waals surface area contributed by atoms with E-state index >= 15 is 0 Å². The van der Waals surface area contributed by atoms with Crippen LogP contribution in [-0.4, -0.2) is 19.0 Å². The highest BCUT2D eigenvalue weighted by Gasteiger charge is 2.07. The molecule has 1 rings (SSSR count). The second kappa shape index (κ2) is 5.82. The van der Waals surface area contributed by atoms with Crippen LogP contribution >= 0.6 is 15.9 Å². The van der Waals surface area contributed by atoms with Crippen LogP contribution in [0, 0.1) is 5.82 Å². The lowest BCUT2D eigenvalue weighted by Gasteiger charge is -2.04. The maximum Gasteiger partial charge on any atom is 0.224 e. The average Bonchev–Trinajstić information content (AvgIpc) is 2.19. The minimum absolute atomic E-state index is 0.0408. The van der Waals surface area contributed by atoms with Gasteiger partial charge in [-0.15, -0.1) is 0 Å². The highest BCUT2D eigenvalue weighted by Crippen LogP contribution is 2.15. The van der Waals surface area contributed by atoms with E-state index in [1.807, 2.05) is 0 Å². The normalized spacial score (nSPS) is 10.1. The third kappa shape index (κ3) is 3.97. The molecule has 0 aliphatic carbocycles. The highest BCUT2D eigenvalue weighted by atomic mass is 79.9. The van der Waals surface area contributed by atoms with Crippen molar-refractivity contribution in [2.24, 2.45) is 5.73 Å². The molecule has 0 aliphatic heterocycles. The fraction of sp³-hybridized carbons (Fsp3) is 0.300. The van der Waals surface area contributed by atoms with Gasteiger partial charge >= 0.3 is 0 Å². The molecule has 1 aromatic rings. The van der Waals surface area contributed by atoms with Gasteiger partial charge in [-0.3, -0.25) is 4.79 Å². The van der Waals surface area contributed by atoms with E-state index in [4.69, 9.17) is 5.73 Å². The van der Waals surface area contributed by atoms with Crippen molar-refractivity contribution in [3.05, 3.63) is 34.1 Å². The van der Waals surface area contributed by atoms with Gasteiger partial charge in [0.15, 0.2) is 0 Å². The topological polar surface area (TPSA) is 55.1 Å². The van der Waals surface area contributed by atoms with Crippen LogP contribution in [-0.2, 0) is 11.2 Å². The molecule has 0 aromatic heterocycles. The third-order valence-electron chi connectivity index (χ3n) is 1.83. The Morgan fingerprint density at radius 1 is 1.53 bits per heavy atom. The Bertz CT molecular complexity index is 357. The van der Waals surface area contributed by atoms with Crippen molar-refractivity contribution in [1.29, 1.82) is 0 Å². The zero-order valence-corrected chi connectivity index (χ0v) is 9.68. The van der Waals surface area contributed by atoms with E-state index in [9.17, 15) is 9.18 Å². The first-order chi connectivity index (χ1) is 7.13. The van der Waals surface area contributed by atoms with Gasteiger partial charge in [-0.1, -0.05) is 22.0 Å². The number of nitrogens with two attached hydrogens (primary N) is 1. The van der Waals surface area contributed by atoms with Crippen molar-refractivity contribution < 1.29 is 9.18 Å². The Labute approximate surface area is 96.0 Å². The van der Waals surface area contributed by atoms with E-state index in [0.717, 1.165) is 0 Å². The molecule has 82 valence electrons. The van der Waals surface area contributed by atoms with E-state index in [2.05, 4.69) is 21.2 Å². The molecule has 5 heteroatoms. The molecule has 0 spiro atoms. The first-order valence-electron chi connectivity index (χ1n) is 4.54. The Morgan fingerprint density at radius 3 is 2.87 bits per heavy atom. The second-order valence-corrected chi connectivity index (χ2v) is 3.97. The lowest BCUT2D eigenvalue weighted by atomic mass is 10.1. The molecule has 0 bridgehead atoms. The second-order valence-electron chi connectivity index (χ2n) is 3.05. The van der Waals surface area contributed by atoms with Gasteiger partial charge in [0, 0.05) is 17.6 Å². The first-order valence-corrected chi connectivity index (χ1v) is 5.33. The van der Waals surface area contributed by atoms with Crippen molar-refractivity contribution in [2.75, 3.05) is 13.1 Å². The summed E-state index contributed by atoms with van der Waals surface area (Å²) < 4.78 is 14.0. The zero-order chi connectivity index (χ0) is 11.3. The number of carbonyl (C=O) groups is 1. The fourth-order valence-electron chi connectivity index (χ4n) is 1.11. The molecule has 1 amide bonds. The summed E-state index contributed by atoms with van der Waals surface area (Å²) >= 11 is 3.15. The number of halogens is 2. The van der Waals surface area contributed by atoms with Gasteiger partial charge in [-0.2, -0.15) is 0 Å². The van der Waals surface area contributed by atoms with Crippen LogP contribution < -0.4 is 11.1 Å². The predicted molar refractivity (Wildman–Crippen MR) is 59.9 cm³/mol. The SMILES string of the molecule is NCCNC(=O)Cc1ccc(Br)cc1F. The number of nitrogens with one attached hydrogen (secondary N) is 1. The molecule has 1 aromatic carbocycles. The van der Waals surface area contributed by atoms with E-state index in [-0.39, 0.29) is 18.1 Å². The molecule has 0 aliphatic rings. The molecule has 0 saturated heterocycles. The van der Waals surface area contributed by atoms with Crippen LogP contribution in [0.5, 0.6) is 0 Å². The summed E-state index contributed by atoms with van der Waals surface area (Å²) in [4.78, 5) is 11.3. The average molecular weight is 275 g/mol. The highest BCUT2D eigenvalue weighted by molar-refractivity contribution is 9.10. The third-order valence-corrected chi connectivity index (χ3v) is 2.33. The van der Waals surface area contributed by atoms with Crippen LogP contribution in [0.4, 0.5) is 4.39 Å². The first kappa shape index (κ1) is 12.1. The molecule has 0 heterocycles. The summed E-state index contributed by atoms with van der Waals surface area (Å²) in [5.41, 5.74) is 5.61. The van der Waals surface area contributed by atoms with Gasteiger partial charge < -0.3 is 11.1 Å². The number of amides is 1. The molecule has 15 heavy (non-hydrogen) atoms. The summed E-state index contributed by atoms with van der Waals surface area (Å²) in [6.07, 6.45) is 0.0408. The van der Waals surface area contributed by atoms with Crippen molar-refractivity contribution in [2.45, 2.75) is 6.42 Å². The standard InChI is InChI=1S/C10H12BrFN2O/c11-8-2-1-7(9(12)6-8)5-10(15)14-4-3-13/h1-2,6H,3-5,13H2,(H,14,15). The number of rotatable bonds is 4. The summed E-state index contributed by atoms with van der Waals surface area (Å²) in [7, 11) is 0. The van der Waals surface area contributed by atoms with Gasteiger partial charge in [0.05, 0.1) is 6.42 Å². The van der Waals surface area contributed by atoms with Crippen LogP contribution in [0.1, 0.15) is 5.56 Å². The fourth-order valence-corrected chi connectivity index (χ4v) is 1.45. The number of hydrogen-bond donors (Lipinski definition) is 2. The van der Waals surface area contributed by atoms with Gasteiger partial charge in [-0.05, 0) is 17.7 Å². The van der Waals surface area contributed by atoms with Crippen LogP contribution in [0.25, 0.3) is 0 Å². The Hall–Kier alpha value is -0.940. The molecule has 0 atom stereocenters. The van der Waals surface area contributed by atoms with Crippen molar-refractivity contribution >= 4 is 21.8 Å². The molecule has 0 fully saturated rings. The minimum atomic E-state index is -0.382. The lowest BCUT2D eigenvalue weighted by molar-refractivity contribution is -0.120. The minimum Gasteiger partial charge on any atom is -0.355 e. The van der Waals surface area contributed by atoms with E-state index < -0.39 is 0 Å². The van der Waals surface area contributed by atoms with Gasteiger partial charge in [-0.25, -0.2) is 4.39 Å². The molecule has 0 radical (unpaired) electrons. The van der Waals surface area contributed by atoms with E-state index in [1.165, 1.54) is 6.07 Å². The molecule has 0 saturated carbocycles. The largest absolute Gasteiger partial charge is 0.355 e. The smallest absolute Gasteiger partial charge is 0.224 e. The van der Waals surface area contributed by atoms with Gasteiger partial charge in [0.1, 0.15) is 5.82 Å². The number of carbonyl (C=O) groups excluding carboxylic acids is 1. The molecule has 3 N–H and O–H groups in total. The van der Waals surface area contributed by atoms with Gasteiger partial charge in [0.25, 0.3) is 0 Å². The van der Waals surface area contributed by atoms with Crippen LogP contribution in [0.3, 0.4) is 0 Å². The van der Waals surface area contributed by atoms with Crippen molar-refractivity contribution in [1.82, 2.24) is 5.32 Å². The lowest BCUT2D eigenvalue weighted by Crippen LogP contribution is -2.30. The molecule has 0 unspecified atom stereocenters. The Balaban J connectivity index is 2.60. The van der Waals surface area contributed by atoms with Gasteiger partial charge in [0.2, 0.25) is 5.91 Å². The quantitative estimate of drug-likeness (QED) is 0.867.